The molecule has 4 nitrogen and oxygen atoms in total. The van der Waals surface area contributed by atoms with Crippen LogP contribution in [-0.2, 0) is 21.3 Å². The van der Waals surface area contributed by atoms with Crippen molar-refractivity contribution in [3.8, 4) is 10.6 Å². The fraction of sp³-hybridized carbons (Fsp3) is 0.238. The molecular formula is C21H22N2O2S2. The van der Waals surface area contributed by atoms with Crippen LogP contribution in [0, 0.1) is 6.92 Å². The molecule has 2 atom stereocenters. The Labute approximate surface area is 166 Å². The highest BCUT2D eigenvalue weighted by Crippen LogP contribution is 2.24. The van der Waals surface area contributed by atoms with E-state index < -0.39 is 10.8 Å². The minimum absolute atomic E-state index is 0.0193. The van der Waals surface area contributed by atoms with Crippen molar-refractivity contribution in [1.29, 1.82) is 0 Å². The third-order valence-electron chi connectivity index (χ3n) is 4.13. The summed E-state index contributed by atoms with van der Waals surface area (Å²) in [6.45, 7) is 3.97. The van der Waals surface area contributed by atoms with Crippen LogP contribution in [0.25, 0.3) is 10.6 Å². The number of aromatic nitrogens is 1. The maximum atomic E-state index is 12.3. The first kappa shape index (κ1) is 19.5. The summed E-state index contributed by atoms with van der Waals surface area (Å²) in [6, 6.07) is 17.8. The Bertz CT molecular complexity index is 921. The summed E-state index contributed by atoms with van der Waals surface area (Å²) in [5, 5.41) is 5.72. The molecule has 1 aromatic heterocycles. The number of aryl methyl sites for hydroxylation is 1. The molecule has 2 aromatic carbocycles. The number of carbonyl (C=O) groups is 1. The van der Waals surface area contributed by atoms with Gasteiger partial charge in [0.1, 0.15) is 10.8 Å². The van der Waals surface area contributed by atoms with E-state index >= 15 is 0 Å². The molecule has 0 bridgehead atoms. The molecule has 0 aliphatic rings. The Morgan fingerprint density at radius 3 is 2.56 bits per heavy atom. The fourth-order valence-corrected chi connectivity index (χ4v) is 4.56. The standard InChI is InChI=1S/C21H22N2O2S2/c1-15-8-10-18(11-9-15)21-23-19(12-26-21)13-27(25)14-20(24)22-16(2)17-6-4-3-5-7-17/h3-12,16H,13-14H2,1-2H3,(H,22,24)/t16-,27-/m1/s1. The molecule has 0 unspecified atom stereocenters. The number of nitrogens with zero attached hydrogens (tertiary/aromatic N) is 1. The van der Waals surface area contributed by atoms with E-state index in [4.69, 9.17) is 0 Å². The van der Waals surface area contributed by atoms with E-state index in [0.717, 1.165) is 21.8 Å². The van der Waals surface area contributed by atoms with Crippen LogP contribution >= 0.6 is 11.3 Å². The highest BCUT2D eigenvalue weighted by molar-refractivity contribution is 7.84. The van der Waals surface area contributed by atoms with Crippen LogP contribution in [0.1, 0.15) is 29.8 Å². The van der Waals surface area contributed by atoms with Crippen LogP contribution in [0.5, 0.6) is 0 Å². The molecule has 0 saturated carbocycles. The van der Waals surface area contributed by atoms with Gasteiger partial charge in [0, 0.05) is 21.7 Å². The molecule has 0 spiro atoms. The molecular weight excluding hydrogens is 376 g/mol. The molecule has 0 fully saturated rings. The lowest BCUT2D eigenvalue weighted by Crippen LogP contribution is -2.31. The number of hydrogen-bond acceptors (Lipinski definition) is 4. The van der Waals surface area contributed by atoms with Gasteiger partial charge in [-0.15, -0.1) is 11.3 Å². The number of benzene rings is 2. The lowest BCUT2D eigenvalue weighted by molar-refractivity contribution is -0.119. The average Bonchev–Trinajstić information content (AvgIpc) is 3.11. The zero-order valence-corrected chi connectivity index (χ0v) is 17.0. The normalized spacial score (nSPS) is 13.1. The van der Waals surface area contributed by atoms with Crippen molar-refractivity contribution in [2.24, 2.45) is 0 Å². The monoisotopic (exact) mass is 398 g/mol. The highest BCUT2D eigenvalue weighted by atomic mass is 32.2. The smallest absolute Gasteiger partial charge is 0.233 e. The highest BCUT2D eigenvalue weighted by Gasteiger charge is 2.14. The number of rotatable bonds is 7. The Morgan fingerprint density at radius 1 is 1.15 bits per heavy atom. The number of thiazole rings is 1. The Balaban J connectivity index is 1.53. The van der Waals surface area contributed by atoms with Crippen molar-refractivity contribution < 1.29 is 9.00 Å². The van der Waals surface area contributed by atoms with E-state index in [2.05, 4.69) is 10.3 Å². The van der Waals surface area contributed by atoms with Gasteiger partial charge in [0.2, 0.25) is 5.91 Å². The van der Waals surface area contributed by atoms with Gasteiger partial charge in [0.25, 0.3) is 0 Å². The fourth-order valence-electron chi connectivity index (χ4n) is 2.67. The van der Waals surface area contributed by atoms with E-state index in [-0.39, 0.29) is 23.5 Å². The number of carbonyl (C=O) groups excluding carboxylic acids is 1. The second-order valence-electron chi connectivity index (χ2n) is 6.44. The SMILES string of the molecule is Cc1ccc(-c2nc(C[S@@](=O)CC(=O)N[C@H](C)c3ccccc3)cs2)cc1. The van der Waals surface area contributed by atoms with Gasteiger partial charge < -0.3 is 5.32 Å². The second kappa shape index (κ2) is 9.06. The van der Waals surface area contributed by atoms with Crippen LogP contribution in [0.2, 0.25) is 0 Å². The van der Waals surface area contributed by atoms with Crippen LogP contribution in [0.3, 0.4) is 0 Å². The predicted molar refractivity (Wildman–Crippen MR) is 112 cm³/mol. The first-order valence-corrected chi connectivity index (χ1v) is 11.1. The van der Waals surface area contributed by atoms with E-state index in [9.17, 15) is 9.00 Å². The van der Waals surface area contributed by atoms with Crippen LogP contribution in [0.15, 0.2) is 60.0 Å². The summed E-state index contributed by atoms with van der Waals surface area (Å²) in [6.07, 6.45) is 0. The summed E-state index contributed by atoms with van der Waals surface area (Å²) in [4.78, 5) is 16.7. The third-order valence-corrected chi connectivity index (χ3v) is 6.27. The van der Waals surface area contributed by atoms with Crippen molar-refractivity contribution in [2.75, 3.05) is 5.75 Å². The summed E-state index contributed by atoms with van der Waals surface area (Å²) in [7, 11) is -1.29. The molecule has 0 radical (unpaired) electrons. The number of hydrogen-bond donors (Lipinski definition) is 1. The van der Waals surface area contributed by atoms with Gasteiger partial charge in [-0.1, -0.05) is 60.2 Å². The summed E-state index contributed by atoms with van der Waals surface area (Å²) >= 11 is 1.53. The van der Waals surface area contributed by atoms with Gasteiger partial charge in [-0.25, -0.2) is 4.98 Å². The number of nitrogens with one attached hydrogen (secondary N) is 1. The van der Waals surface area contributed by atoms with Crippen molar-refractivity contribution in [3.63, 3.8) is 0 Å². The minimum atomic E-state index is -1.29. The largest absolute Gasteiger partial charge is 0.349 e. The van der Waals surface area contributed by atoms with Gasteiger partial charge in [-0.3, -0.25) is 9.00 Å². The van der Waals surface area contributed by atoms with Gasteiger partial charge in [0.15, 0.2) is 0 Å². The first-order valence-electron chi connectivity index (χ1n) is 8.72. The molecule has 27 heavy (non-hydrogen) atoms. The van der Waals surface area contributed by atoms with Crippen molar-refractivity contribution >= 4 is 28.0 Å². The summed E-state index contributed by atoms with van der Waals surface area (Å²) < 4.78 is 12.3. The van der Waals surface area contributed by atoms with E-state index in [1.54, 1.807) is 0 Å². The topological polar surface area (TPSA) is 59.1 Å². The zero-order chi connectivity index (χ0) is 19.2. The van der Waals surface area contributed by atoms with E-state index in [0.29, 0.717) is 0 Å². The predicted octanol–water partition coefficient (Wildman–Crippen LogP) is 4.24. The maximum absolute atomic E-state index is 12.3. The minimum Gasteiger partial charge on any atom is -0.349 e. The molecule has 0 aliphatic carbocycles. The lowest BCUT2D eigenvalue weighted by Gasteiger charge is -2.13. The van der Waals surface area contributed by atoms with Crippen LogP contribution < -0.4 is 5.32 Å². The lowest BCUT2D eigenvalue weighted by atomic mass is 10.1. The quantitative estimate of drug-likeness (QED) is 0.647. The Hall–Kier alpha value is -2.31. The first-order chi connectivity index (χ1) is 13.0. The summed E-state index contributed by atoms with van der Waals surface area (Å²) in [5.74, 6) is 0.0584. The number of amides is 1. The second-order valence-corrected chi connectivity index (χ2v) is 8.75. The van der Waals surface area contributed by atoms with Crippen LogP contribution in [0.4, 0.5) is 0 Å². The molecule has 140 valence electrons. The maximum Gasteiger partial charge on any atom is 0.233 e. The van der Waals surface area contributed by atoms with Gasteiger partial charge in [-0.2, -0.15) is 0 Å². The van der Waals surface area contributed by atoms with E-state index in [1.807, 2.05) is 73.8 Å². The molecule has 1 N–H and O–H groups in total. The Kier molecular flexibility index (Phi) is 6.53. The third kappa shape index (κ3) is 5.58. The molecule has 0 saturated heterocycles. The molecule has 1 heterocycles. The van der Waals surface area contributed by atoms with Gasteiger partial charge in [-0.05, 0) is 19.4 Å². The molecule has 1 amide bonds. The molecule has 0 aliphatic heterocycles. The molecule has 3 rings (SSSR count). The Morgan fingerprint density at radius 2 is 1.85 bits per heavy atom. The van der Waals surface area contributed by atoms with Crippen molar-refractivity contribution in [1.82, 2.24) is 10.3 Å². The van der Waals surface area contributed by atoms with Crippen molar-refractivity contribution in [3.05, 3.63) is 76.8 Å². The van der Waals surface area contributed by atoms with E-state index in [1.165, 1.54) is 16.9 Å². The average molecular weight is 399 g/mol. The molecule has 6 heteroatoms. The summed E-state index contributed by atoms with van der Waals surface area (Å²) in [5.41, 5.74) is 4.04. The van der Waals surface area contributed by atoms with Crippen LogP contribution in [-0.4, -0.2) is 20.9 Å². The van der Waals surface area contributed by atoms with Gasteiger partial charge >= 0.3 is 0 Å². The van der Waals surface area contributed by atoms with Crippen molar-refractivity contribution in [2.45, 2.75) is 25.6 Å². The van der Waals surface area contributed by atoms with Gasteiger partial charge in [0.05, 0.1) is 17.5 Å². The zero-order valence-electron chi connectivity index (χ0n) is 15.3. The molecule has 3 aromatic rings.